The lowest BCUT2D eigenvalue weighted by Gasteiger charge is -2.11. The van der Waals surface area contributed by atoms with Crippen LogP contribution < -0.4 is 10.5 Å². The Morgan fingerprint density at radius 1 is 1.43 bits per heavy atom. The molecule has 0 aliphatic rings. The van der Waals surface area contributed by atoms with E-state index >= 15 is 0 Å². The molecule has 21 heavy (non-hydrogen) atoms. The topological polar surface area (TPSA) is 81.4 Å². The number of benzene rings is 1. The van der Waals surface area contributed by atoms with Gasteiger partial charge in [-0.3, -0.25) is 0 Å². The third-order valence-corrected chi connectivity index (χ3v) is 4.26. The van der Waals surface area contributed by atoms with Crippen molar-refractivity contribution in [3.05, 3.63) is 28.5 Å². The summed E-state index contributed by atoms with van der Waals surface area (Å²) in [5.74, 6) is -0.517. The molecule has 0 bridgehead atoms. The zero-order chi connectivity index (χ0) is 16.0. The maximum Gasteiger partial charge on any atom is 0.243 e. The molecular weight excluding hydrogens is 319 g/mol. The van der Waals surface area contributed by atoms with Gasteiger partial charge in [0.2, 0.25) is 10.0 Å². The van der Waals surface area contributed by atoms with Gasteiger partial charge in [0.1, 0.15) is 10.7 Å². The third kappa shape index (κ3) is 5.52. The summed E-state index contributed by atoms with van der Waals surface area (Å²) in [4.78, 5) is -0.501. The van der Waals surface area contributed by atoms with Crippen molar-refractivity contribution in [1.29, 1.82) is 0 Å². The lowest BCUT2D eigenvalue weighted by Crippen LogP contribution is -2.29. The van der Waals surface area contributed by atoms with Crippen LogP contribution in [0.4, 0.5) is 4.39 Å². The van der Waals surface area contributed by atoms with E-state index in [1.807, 2.05) is 13.8 Å². The normalized spacial score (nSPS) is 12.1. The van der Waals surface area contributed by atoms with E-state index in [0.717, 1.165) is 6.07 Å². The van der Waals surface area contributed by atoms with E-state index in [9.17, 15) is 12.8 Å². The molecule has 0 heterocycles. The average Bonchev–Trinajstić information content (AvgIpc) is 2.40. The molecule has 0 unspecified atom stereocenters. The second-order valence-corrected chi connectivity index (χ2v) is 7.12. The molecule has 3 N–H and O–H groups in total. The molecule has 0 radical (unpaired) electrons. The average molecular weight is 339 g/mol. The van der Waals surface area contributed by atoms with Crippen molar-refractivity contribution < 1.29 is 17.5 Å². The van der Waals surface area contributed by atoms with Crippen molar-refractivity contribution in [1.82, 2.24) is 4.72 Å². The molecule has 120 valence electrons. The number of rotatable bonds is 8. The first-order chi connectivity index (χ1) is 9.77. The largest absolute Gasteiger partial charge is 0.380 e. The standard InChI is InChI=1S/C13H20ClFN2O3S/c1-9(2)8-20-4-3-17-21(18,19)12-6-11(14)5-10(7-16)13(12)15/h5-6,9,17H,3-4,7-8,16H2,1-2H3. The summed E-state index contributed by atoms with van der Waals surface area (Å²) in [6, 6.07) is 2.37. The molecule has 8 heteroatoms. The van der Waals surface area contributed by atoms with Gasteiger partial charge in [-0.25, -0.2) is 17.5 Å². The van der Waals surface area contributed by atoms with Crippen LogP contribution in [0, 0.1) is 11.7 Å². The van der Waals surface area contributed by atoms with Crippen LogP contribution in [0.1, 0.15) is 19.4 Å². The minimum absolute atomic E-state index is 0.0545. The fraction of sp³-hybridized carbons (Fsp3) is 0.538. The first-order valence-electron chi connectivity index (χ1n) is 6.53. The Hall–Kier alpha value is -0.730. The third-order valence-electron chi connectivity index (χ3n) is 2.58. The fourth-order valence-corrected chi connectivity index (χ4v) is 3.07. The van der Waals surface area contributed by atoms with Crippen LogP contribution in [0.2, 0.25) is 5.02 Å². The van der Waals surface area contributed by atoms with Crippen LogP contribution in [0.25, 0.3) is 0 Å². The predicted molar refractivity (Wildman–Crippen MR) is 80.1 cm³/mol. The van der Waals surface area contributed by atoms with Crippen molar-refractivity contribution in [2.24, 2.45) is 11.7 Å². The summed E-state index contributed by atoms with van der Waals surface area (Å²) >= 11 is 5.79. The van der Waals surface area contributed by atoms with Crippen LogP contribution >= 0.6 is 11.6 Å². The van der Waals surface area contributed by atoms with Crippen molar-refractivity contribution in [3.63, 3.8) is 0 Å². The molecule has 5 nitrogen and oxygen atoms in total. The number of hydrogen-bond acceptors (Lipinski definition) is 4. The van der Waals surface area contributed by atoms with Gasteiger partial charge < -0.3 is 10.5 Å². The van der Waals surface area contributed by atoms with Crippen LogP contribution in [0.5, 0.6) is 0 Å². The molecule has 0 atom stereocenters. The monoisotopic (exact) mass is 338 g/mol. The Morgan fingerprint density at radius 2 is 2.10 bits per heavy atom. The molecule has 1 aromatic rings. The molecule has 0 saturated heterocycles. The maximum absolute atomic E-state index is 14.0. The second-order valence-electron chi connectivity index (χ2n) is 4.95. The summed E-state index contributed by atoms with van der Waals surface area (Å²) in [5, 5.41) is 0.119. The van der Waals surface area contributed by atoms with Gasteiger partial charge in [-0.2, -0.15) is 0 Å². The SMILES string of the molecule is CC(C)COCCNS(=O)(=O)c1cc(Cl)cc(CN)c1F. The van der Waals surface area contributed by atoms with Crippen molar-refractivity contribution in [3.8, 4) is 0 Å². The Bertz CT molecular complexity index is 579. The molecule has 0 spiro atoms. The van der Waals surface area contributed by atoms with E-state index in [-0.39, 0.29) is 30.3 Å². The quantitative estimate of drug-likeness (QED) is 0.709. The summed E-state index contributed by atoms with van der Waals surface area (Å²) in [7, 11) is -3.99. The highest BCUT2D eigenvalue weighted by Gasteiger charge is 2.21. The van der Waals surface area contributed by atoms with E-state index in [0.29, 0.717) is 12.5 Å². The molecule has 1 rings (SSSR count). The number of halogens is 2. The number of nitrogens with two attached hydrogens (primary N) is 1. The molecule has 0 aliphatic heterocycles. The molecule has 0 fully saturated rings. The summed E-state index contributed by atoms with van der Waals surface area (Å²) in [5.41, 5.74) is 5.42. The van der Waals surface area contributed by atoms with Crippen molar-refractivity contribution in [2.75, 3.05) is 19.8 Å². The van der Waals surface area contributed by atoms with Crippen LogP contribution in [0.15, 0.2) is 17.0 Å². The highest BCUT2D eigenvalue weighted by atomic mass is 35.5. The lowest BCUT2D eigenvalue weighted by molar-refractivity contribution is 0.114. The Labute approximate surface area is 129 Å². The maximum atomic E-state index is 14.0. The highest BCUT2D eigenvalue weighted by Crippen LogP contribution is 2.23. The minimum atomic E-state index is -3.99. The van der Waals surface area contributed by atoms with Gasteiger partial charge in [0, 0.05) is 30.3 Å². The predicted octanol–water partition coefficient (Wildman–Crippen LogP) is 1.89. The zero-order valence-corrected chi connectivity index (χ0v) is 13.6. The van der Waals surface area contributed by atoms with Crippen LogP contribution in [0.3, 0.4) is 0 Å². The smallest absolute Gasteiger partial charge is 0.243 e. The van der Waals surface area contributed by atoms with E-state index in [2.05, 4.69) is 4.72 Å². The lowest BCUT2D eigenvalue weighted by atomic mass is 10.2. The van der Waals surface area contributed by atoms with Gasteiger partial charge in [-0.05, 0) is 18.1 Å². The fourth-order valence-electron chi connectivity index (χ4n) is 1.61. The van der Waals surface area contributed by atoms with E-state index in [1.165, 1.54) is 6.07 Å². The molecule has 0 amide bonds. The number of nitrogens with one attached hydrogen (secondary N) is 1. The van der Waals surface area contributed by atoms with E-state index in [4.69, 9.17) is 22.1 Å². The number of hydrogen-bond donors (Lipinski definition) is 2. The molecule has 0 aliphatic carbocycles. The van der Waals surface area contributed by atoms with Gasteiger partial charge in [-0.15, -0.1) is 0 Å². The van der Waals surface area contributed by atoms with Crippen molar-refractivity contribution in [2.45, 2.75) is 25.3 Å². The summed E-state index contributed by atoms with van der Waals surface area (Å²) in [6.45, 7) is 4.64. The minimum Gasteiger partial charge on any atom is -0.380 e. The first-order valence-corrected chi connectivity index (χ1v) is 8.39. The van der Waals surface area contributed by atoms with Gasteiger partial charge in [0.05, 0.1) is 6.61 Å². The molecular formula is C13H20ClFN2O3S. The Balaban J connectivity index is 2.77. The van der Waals surface area contributed by atoms with Gasteiger partial charge in [-0.1, -0.05) is 25.4 Å². The van der Waals surface area contributed by atoms with E-state index in [1.54, 1.807) is 0 Å². The Kier molecular flexibility index (Phi) is 7.02. The molecule has 0 aromatic heterocycles. The highest BCUT2D eigenvalue weighted by molar-refractivity contribution is 7.89. The number of ether oxygens (including phenoxy) is 1. The number of sulfonamides is 1. The Morgan fingerprint density at radius 3 is 2.67 bits per heavy atom. The van der Waals surface area contributed by atoms with Crippen molar-refractivity contribution >= 4 is 21.6 Å². The van der Waals surface area contributed by atoms with Gasteiger partial charge >= 0.3 is 0 Å². The summed E-state index contributed by atoms with van der Waals surface area (Å²) < 4.78 is 45.7. The van der Waals surface area contributed by atoms with Crippen LogP contribution in [-0.4, -0.2) is 28.2 Å². The van der Waals surface area contributed by atoms with E-state index < -0.39 is 20.7 Å². The molecule has 0 saturated carbocycles. The van der Waals surface area contributed by atoms with Gasteiger partial charge in [0.25, 0.3) is 0 Å². The molecule has 1 aromatic carbocycles. The first kappa shape index (κ1) is 18.3. The van der Waals surface area contributed by atoms with Crippen LogP contribution in [-0.2, 0) is 21.3 Å². The van der Waals surface area contributed by atoms with Gasteiger partial charge in [0.15, 0.2) is 0 Å². The summed E-state index contributed by atoms with van der Waals surface area (Å²) in [6.07, 6.45) is 0. The second kappa shape index (κ2) is 8.05. The zero-order valence-electron chi connectivity index (χ0n) is 12.0.